The van der Waals surface area contributed by atoms with Crippen LogP contribution in [-0.4, -0.2) is 15.0 Å². The Labute approximate surface area is 380 Å². The third-order valence-corrected chi connectivity index (χ3v) is 13.3. The predicted octanol–water partition coefficient (Wildman–Crippen LogP) is 16.1. The van der Waals surface area contributed by atoms with Gasteiger partial charge >= 0.3 is 0 Å². The first-order valence-electron chi connectivity index (χ1n) is 22.2. The highest BCUT2D eigenvalue weighted by Gasteiger charge is 2.19. The molecule has 0 unspecified atom stereocenters. The first kappa shape index (κ1) is 37.5. The normalized spacial score (nSPS) is 11.6. The van der Waals surface area contributed by atoms with E-state index in [2.05, 4.69) is 170 Å². The van der Waals surface area contributed by atoms with Crippen LogP contribution in [0.15, 0.2) is 218 Å². The van der Waals surface area contributed by atoms with Crippen molar-refractivity contribution in [2.75, 3.05) is 0 Å². The Hall–Kier alpha value is -9.04. The van der Waals surface area contributed by atoms with E-state index in [0.717, 1.165) is 50.1 Å². The van der Waals surface area contributed by atoms with E-state index in [0.29, 0.717) is 23.0 Å². The molecule has 1 heterocycles. The van der Waals surface area contributed by atoms with Crippen LogP contribution in [0.5, 0.6) is 0 Å². The number of aromatic nitrogens is 3. The van der Waals surface area contributed by atoms with E-state index in [4.69, 9.17) is 15.0 Å². The van der Waals surface area contributed by atoms with Crippen LogP contribution >= 0.6 is 0 Å². The molecule has 13 aromatic rings. The van der Waals surface area contributed by atoms with Gasteiger partial charge in [0.05, 0.1) is 11.6 Å². The number of nitriles is 1. The van der Waals surface area contributed by atoms with Crippen LogP contribution in [-0.2, 0) is 0 Å². The second kappa shape index (κ2) is 15.1. The molecule has 0 aliphatic heterocycles. The number of hydrogen-bond acceptors (Lipinski definition) is 4. The summed E-state index contributed by atoms with van der Waals surface area (Å²) in [5.41, 5.74) is 9.93. The number of hydrogen-bond donors (Lipinski definition) is 0. The lowest BCUT2D eigenvalue weighted by Crippen LogP contribution is -2.00. The molecule has 304 valence electrons. The van der Waals surface area contributed by atoms with Crippen molar-refractivity contribution in [2.24, 2.45) is 0 Å². The van der Waals surface area contributed by atoms with Crippen molar-refractivity contribution >= 4 is 64.6 Å². The Bertz CT molecular complexity index is 4090. The lowest BCUT2D eigenvalue weighted by atomic mass is 9.85. The summed E-state index contributed by atoms with van der Waals surface area (Å²) in [6, 6.07) is 79.7. The van der Waals surface area contributed by atoms with Gasteiger partial charge in [-0.15, -0.1) is 0 Å². The highest BCUT2D eigenvalue weighted by atomic mass is 15.0. The summed E-state index contributed by atoms with van der Waals surface area (Å²) in [7, 11) is 0. The standard InChI is InChI=1S/C62H36N4/c63-37-38-22-24-39(25-23-38)40-26-31-45(32-27-40)61-64-60(44-10-2-1-3-11-44)65-62(66-61)48-16-6-15-46(34-48)50-17-4-5-18-51(50)49-35-47-33-30-43-13-8-20-53-52-19-7-12-41-28-29-42-14-9-21-54(58(42)56(41)52)55(36-49)59(47)57(43)53/h1-36H. The van der Waals surface area contributed by atoms with Gasteiger partial charge in [0, 0.05) is 16.7 Å². The molecule has 0 bridgehead atoms. The van der Waals surface area contributed by atoms with Crippen molar-refractivity contribution < 1.29 is 0 Å². The molecule has 66 heavy (non-hydrogen) atoms. The Morgan fingerprint density at radius 2 is 0.697 bits per heavy atom. The maximum absolute atomic E-state index is 9.29. The number of fused-ring (bicyclic) bond motifs is 2. The molecule has 0 amide bonds. The SMILES string of the molecule is N#Cc1ccc(-c2ccc(-c3nc(-c4ccccc4)nc(-c4cccc(-c5ccccc5-c5cc6ccc7cccc8c9cccc%10ccc%11cccc(c(c5)c6c78)c%11c%109)c4)n3)cc2)cc1. The van der Waals surface area contributed by atoms with Gasteiger partial charge in [0.15, 0.2) is 17.5 Å². The summed E-state index contributed by atoms with van der Waals surface area (Å²) >= 11 is 0. The summed E-state index contributed by atoms with van der Waals surface area (Å²) in [4.78, 5) is 15.3. The van der Waals surface area contributed by atoms with Crippen LogP contribution in [0, 0.1) is 11.3 Å². The largest absolute Gasteiger partial charge is 0.208 e. The van der Waals surface area contributed by atoms with Crippen molar-refractivity contribution in [3.63, 3.8) is 0 Å². The Morgan fingerprint density at radius 3 is 1.29 bits per heavy atom. The van der Waals surface area contributed by atoms with Crippen molar-refractivity contribution in [1.29, 1.82) is 5.26 Å². The van der Waals surface area contributed by atoms with E-state index in [-0.39, 0.29) is 0 Å². The summed E-state index contributed by atoms with van der Waals surface area (Å²) in [5.74, 6) is 1.80. The molecule has 1 aromatic heterocycles. The van der Waals surface area contributed by atoms with E-state index in [1.807, 2.05) is 54.6 Å². The first-order valence-corrected chi connectivity index (χ1v) is 22.2. The van der Waals surface area contributed by atoms with Gasteiger partial charge in [-0.3, -0.25) is 0 Å². The van der Waals surface area contributed by atoms with Crippen molar-refractivity contribution in [3.8, 4) is 73.6 Å². The number of nitrogens with zero attached hydrogens (tertiary/aromatic N) is 4. The highest BCUT2D eigenvalue weighted by Crippen LogP contribution is 2.45. The molecule has 13 rings (SSSR count). The molecule has 0 fully saturated rings. The lowest BCUT2D eigenvalue weighted by molar-refractivity contribution is 1.07. The zero-order chi connectivity index (χ0) is 43.7. The topological polar surface area (TPSA) is 62.5 Å². The number of rotatable bonds is 6. The molecule has 0 aliphatic carbocycles. The van der Waals surface area contributed by atoms with E-state index in [1.165, 1.54) is 64.6 Å². The average Bonchev–Trinajstić information content (AvgIpc) is 3.39. The van der Waals surface area contributed by atoms with E-state index >= 15 is 0 Å². The van der Waals surface area contributed by atoms with Crippen LogP contribution in [0.25, 0.3) is 132 Å². The van der Waals surface area contributed by atoms with Crippen molar-refractivity contribution in [1.82, 2.24) is 15.0 Å². The molecular formula is C62H36N4. The molecule has 0 atom stereocenters. The molecule has 4 nitrogen and oxygen atoms in total. The minimum absolute atomic E-state index is 0.594. The van der Waals surface area contributed by atoms with Crippen molar-refractivity contribution in [2.45, 2.75) is 0 Å². The molecule has 0 spiro atoms. The first-order chi connectivity index (χ1) is 32.6. The van der Waals surface area contributed by atoms with Gasteiger partial charge in [0.2, 0.25) is 0 Å². The molecule has 0 aliphatic rings. The van der Waals surface area contributed by atoms with E-state index in [9.17, 15) is 5.26 Å². The zero-order valence-corrected chi connectivity index (χ0v) is 35.6. The maximum atomic E-state index is 9.29. The molecular weight excluding hydrogens is 801 g/mol. The molecule has 4 heteroatoms. The van der Waals surface area contributed by atoms with Gasteiger partial charge in [-0.05, 0) is 128 Å². The van der Waals surface area contributed by atoms with Gasteiger partial charge in [-0.1, -0.05) is 188 Å². The van der Waals surface area contributed by atoms with Crippen molar-refractivity contribution in [3.05, 3.63) is 224 Å². The number of benzene rings is 11. The lowest BCUT2D eigenvalue weighted by Gasteiger charge is -2.18. The third-order valence-electron chi connectivity index (χ3n) is 13.3. The van der Waals surface area contributed by atoms with Crippen LogP contribution in [0.4, 0.5) is 0 Å². The summed E-state index contributed by atoms with van der Waals surface area (Å²) in [6.45, 7) is 0. The fraction of sp³-hybridized carbons (Fsp3) is 0. The molecule has 0 N–H and O–H groups in total. The van der Waals surface area contributed by atoms with Gasteiger partial charge in [-0.25, -0.2) is 15.0 Å². The zero-order valence-electron chi connectivity index (χ0n) is 35.6. The maximum Gasteiger partial charge on any atom is 0.164 e. The fourth-order valence-electron chi connectivity index (χ4n) is 10.2. The van der Waals surface area contributed by atoms with E-state index < -0.39 is 0 Å². The quantitative estimate of drug-likeness (QED) is 0.157. The van der Waals surface area contributed by atoms with Crippen LogP contribution in [0.2, 0.25) is 0 Å². The van der Waals surface area contributed by atoms with Gasteiger partial charge < -0.3 is 0 Å². The molecule has 0 radical (unpaired) electrons. The second-order valence-electron chi connectivity index (χ2n) is 17.0. The summed E-state index contributed by atoms with van der Waals surface area (Å²) in [6.07, 6.45) is 0. The monoisotopic (exact) mass is 836 g/mol. The summed E-state index contributed by atoms with van der Waals surface area (Å²) in [5, 5.41) is 24.5. The van der Waals surface area contributed by atoms with Crippen LogP contribution in [0.1, 0.15) is 5.56 Å². The van der Waals surface area contributed by atoms with Gasteiger partial charge in [0.25, 0.3) is 0 Å². The van der Waals surface area contributed by atoms with E-state index in [1.54, 1.807) is 0 Å². The van der Waals surface area contributed by atoms with Crippen LogP contribution in [0.3, 0.4) is 0 Å². The Balaban J connectivity index is 0.977. The minimum Gasteiger partial charge on any atom is -0.208 e. The minimum atomic E-state index is 0.594. The Kier molecular flexibility index (Phi) is 8.56. The van der Waals surface area contributed by atoms with Crippen LogP contribution < -0.4 is 0 Å². The fourth-order valence-corrected chi connectivity index (χ4v) is 10.2. The summed E-state index contributed by atoms with van der Waals surface area (Å²) < 4.78 is 0. The molecule has 12 aromatic carbocycles. The predicted molar refractivity (Wildman–Crippen MR) is 273 cm³/mol. The average molecular weight is 837 g/mol. The third kappa shape index (κ3) is 6.10. The van der Waals surface area contributed by atoms with Gasteiger partial charge in [0.1, 0.15) is 0 Å². The second-order valence-corrected chi connectivity index (χ2v) is 17.0. The highest BCUT2D eigenvalue weighted by molar-refractivity contribution is 6.37. The molecule has 0 saturated carbocycles. The smallest absolute Gasteiger partial charge is 0.164 e. The van der Waals surface area contributed by atoms with Gasteiger partial charge in [-0.2, -0.15) is 5.26 Å². The Morgan fingerprint density at radius 1 is 0.273 bits per heavy atom. The molecule has 0 saturated heterocycles.